The number of carbonyl (C=O) groups excluding carboxylic acids is 1. The first kappa shape index (κ1) is 20.7. The molecule has 3 aromatic heterocycles. The Bertz CT molecular complexity index is 1330. The predicted octanol–water partition coefficient (Wildman–Crippen LogP) is 4.71. The van der Waals surface area contributed by atoms with Crippen LogP contribution in [-0.2, 0) is 13.0 Å². The molecule has 5 heteroatoms. The summed E-state index contributed by atoms with van der Waals surface area (Å²) in [5.41, 5.74) is 8.03. The van der Waals surface area contributed by atoms with Crippen LogP contribution in [0.5, 0.6) is 0 Å². The Labute approximate surface area is 181 Å². The van der Waals surface area contributed by atoms with Crippen molar-refractivity contribution in [2.24, 2.45) is 0 Å². The van der Waals surface area contributed by atoms with Crippen molar-refractivity contribution < 1.29 is 4.79 Å². The van der Waals surface area contributed by atoms with Gasteiger partial charge in [0.1, 0.15) is 0 Å². The fourth-order valence-electron chi connectivity index (χ4n) is 4.31. The van der Waals surface area contributed by atoms with Gasteiger partial charge in [-0.3, -0.25) is 9.59 Å². The van der Waals surface area contributed by atoms with E-state index in [1.807, 2.05) is 51.1 Å². The first-order valence-corrected chi connectivity index (χ1v) is 10.6. The van der Waals surface area contributed by atoms with Gasteiger partial charge >= 0.3 is 0 Å². The van der Waals surface area contributed by atoms with Crippen molar-refractivity contribution in [3.05, 3.63) is 98.7 Å². The van der Waals surface area contributed by atoms with E-state index < -0.39 is 0 Å². The third-order valence-electron chi connectivity index (χ3n) is 5.92. The van der Waals surface area contributed by atoms with Crippen molar-refractivity contribution in [1.82, 2.24) is 14.7 Å². The SMILES string of the molecule is CCc1c(C)c(C(=O)NCc2c(C)cc(C)[nH]c2=O)cc2c(-c3ccccc3)ccn12. The maximum atomic E-state index is 13.2. The zero-order valence-corrected chi connectivity index (χ0v) is 18.4. The van der Waals surface area contributed by atoms with Gasteiger partial charge in [0.25, 0.3) is 11.5 Å². The highest BCUT2D eigenvalue weighted by atomic mass is 16.1. The standard InChI is InChI=1S/C26H27N3O2/c1-5-23-18(4)21(25(30)27-15-22-16(2)13-17(3)28-26(22)31)14-24-20(11-12-29(23)24)19-9-7-6-8-10-19/h6-14H,5,15H2,1-4H3,(H,27,30)(H,28,31). The van der Waals surface area contributed by atoms with Crippen LogP contribution in [0, 0.1) is 20.8 Å². The molecule has 5 nitrogen and oxygen atoms in total. The van der Waals surface area contributed by atoms with Gasteiger partial charge in [0, 0.05) is 40.8 Å². The first-order valence-electron chi connectivity index (χ1n) is 10.6. The van der Waals surface area contributed by atoms with Crippen molar-refractivity contribution in [3.63, 3.8) is 0 Å². The Kier molecular flexibility index (Phi) is 5.51. The molecule has 0 unspecified atom stereocenters. The van der Waals surface area contributed by atoms with Crippen molar-refractivity contribution in [2.45, 2.75) is 40.7 Å². The molecule has 1 amide bonds. The molecule has 0 saturated heterocycles. The quantitative estimate of drug-likeness (QED) is 0.497. The number of nitrogens with one attached hydrogen (secondary N) is 2. The minimum atomic E-state index is -0.172. The Hall–Kier alpha value is -3.60. The van der Waals surface area contributed by atoms with E-state index in [4.69, 9.17) is 0 Å². The molecule has 0 spiro atoms. The Morgan fingerprint density at radius 3 is 2.48 bits per heavy atom. The van der Waals surface area contributed by atoms with E-state index in [9.17, 15) is 9.59 Å². The molecule has 158 valence electrons. The molecule has 3 heterocycles. The average Bonchev–Trinajstić information content (AvgIpc) is 3.16. The zero-order valence-electron chi connectivity index (χ0n) is 18.4. The summed E-state index contributed by atoms with van der Waals surface area (Å²) in [6.45, 7) is 8.02. The highest BCUT2D eigenvalue weighted by Gasteiger charge is 2.18. The number of aryl methyl sites for hydroxylation is 3. The monoisotopic (exact) mass is 413 g/mol. The number of aromatic nitrogens is 2. The van der Waals surface area contributed by atoms with E-state index in [-0.39, 0.29) is 18.0 Å². The van der Waals surface area contributed by atoms with Gasteiger partial charge in [0.15, 0.2) is 0 Å². The number of hydrogen-bond donors (Lipinski definition) is 2. The summed E-state index contributed by atoms with van der Waals surface area (Å²) in [4.78, 5) is 28.3. The molecular formula is C26H27N3O2. The fraction of sp³-hybridized carbons (Fsp3) is 0.231. The normalized spacial score (nSPS) is 11.1. The molecule has 0 radical (unpaired) electrons. The molecular weight excluding hydrogens is 386 g/mol. The maximum Gasteiger partial charge on any atom is 0.253 e. The molecule has 0 aliphatic carbocycles. The number of nitrogens with zero attached hydrogens (tertiary/aromatic N) is 1. The Morgan fingerprint density at radius 2 is 1.81 bits per heavy atom. The zero-order chi connectivity index (χ0) is 22.1. The molecule has 0 saturated carbocycles. The van der Waals surface area contributed by atoms with Crippen LogP contribution < -0.4 is 10.9 Å². The van der Waals surface area contributed by atoms with E-state index in [1.54, 1.807) is 0 Å². The number of H-pyrrole nitrogens is 1. The summed E-state index contributed by atoms with van der Waals surface area (Å²) < 4.78 is 2.17. The molecule has 4 aromatic rings. The van der Waals surface area contributed by atoms with Crippen LogP contribution in [0.2, 0.25) is 0 Å². The number of benzene rings is 1. The van der Waals surface area contributed by atoms with Gasteiger partial charge in [-0.05, 0) is 62.1 Å². The van der Waals surface area contributed by atoms with E-state index in [2.05, 4.69) is 46.0 Å². The summed E-state index contributed by atoms with van der Waals surface area (Å²) in [5, 5.41) is 2.96. The van der Waals surface area contributed by atoms with Gasteiger partial charge in [0.2, 0.25) is 0 Å². The molecule has 0 bridgehead atoms. The molecule has 31 heavy (non-hydrogen) atoms. The lowest BCUT2D eigenvalue weighted by Crippen LogP contribution is -2.28. The second-order valence-corrected chi connectivity index (χ2v) is 7.96. The first-order chi connectivity index (χ1) is 14.9. The lowest BCUT2D eigenvalue weighted by atomic mass is 10.0. The third-order valence-corrected chi connectivity index (χ3v) is 5.92. The van der Waals surface area contributed by atoms with E-state index in [1.165, 1.54) is 0 Å². The van der Waals surface area contributed by atoms with Crippen LogP contribution in [0.3, 0.4) is 0 Å². The van der Waals surface area contributed by atoms with Crippen LogP contribution >= 0.6 is 0 Å². The van der Waals surface area contributed by atoms with E-state index >= 15 is 0 Å². The van der Waals surface area contributed by atoms with Crippen molar-refractivity contribution in [3.8, 4) is 11.1 Å². The summed E-state index contributed by atoms with van der Waals surface area (Å²) >= 11 is 0. The number of fused-ring (bicyclic) bond motifs is 1. The second kappa shape index (κ2) is 8.26. The number of rotatable bonds is 5. The molecule has 4 rings (SSSR count). The molecule has 1 aromatic carbocycles. The van der Waals surface area contributed by atoms with Gasteiger partial charge in [0.05, 0.1) is 5.52 Å². The van der Waals surface area contributed by atoms with E-state index in [0.29, 0.717) is 11.1 Å². The molecule has 2 N–H and O–H groups in total. The lowest BCUT2D eigenvalue weighted by Gasteiger charge is -2.15. The fourth-order valence-corrected chi connectivity index (χ4v) is 4.31. The summed E-state index contributed by atoms with van der Waals surface area (Å²) in [6, 6.07) is 16.2. The van der Waals surface area contributed by atoms with E-state index in [0.717, 1.165) is 45.6 Å². The number of amides is 1. The Balaban J connectivity index is 1.74. The number of hydrogen-bond acceptors (Lipinski definition) is 2. The largest absolute Gasteiger partial charge is 0.348 e. The molecule has 0 atom stereocenters. The van der Waals surface area contributed by atoms with Gasteiger partial charge in [-0.25, -0.2) is 0 Å². The highest BCUT2D eigenvalue weighted by molar-refractivity contribution is 5.98. The minimum absolute atomic E-state index is 0.155. The maximum absolute atomic E-state index is 13.2. The van der Waals surface area contributed by atoms with Crippen molar-refractivity contribution in [2.75, 3.05) is 0 Å². The van der Waals surface area contributed by atoms with Gasteiger partial charge < -0.3 is 14.7 Å². The number of carbonyl (C=O) groups is 1. The van der Waals surface area contributed by atoms with Crippen LogP contribution in [0.4, 0.5) is 0 Å². The number of pyridine rings is 2. The van der Waals surface area contributed by atoms with Crippen LogP contribution in [0.1, 0.15) is 45.4 Å². The third kappa shape index (κ3) is 3.79. The van der Waals surface area contributed by atoms with Gasteiger partial charge in [-0.1, -0.05) is 37.3 Å². The van der Waals surface area contributed by atoms with Crippen LogP contribution in [0.15, 0.2) is 59.5 Å². The summed E-state index contributed by atoms with van der Waals surface area (Å²) in [7, 11) is 0. The lowest BCUT2D eigenvalue weighted by molar-refractivity contribution is 0.0950. The second-order valence-electron chi connectivity index (χ2n) is 7.96. The molecule has 0 fully saturated rings. The smallest absolute Gasteiger partial charge is 0.253 e. The topological polar surface area (TPSA) is 66.4 Å². The highest BCUT2D eigenvalue weighted by Crippen LogP contribution is 2.29. The van der Waals surface area contributed by atoms with Gasteiger partial charge in [-0.2, -0.15) is 0 Å². The number of aromatic amines is 1. The van der Waals surface area contributed by atoms with Crippen LogP contribution in [0.25, 0.3) is 16.6 Å². The summed E-state index contributed by atoms with van der Waals surface area (Å²) in [6.07, 6.45) is 2.88. The molecule has 0 aliphatic rings. The van der Waals surface area contributed by atoms with Gasteiger partial charge in [-0.15, -0.1) is 0 Å². The summed E-state index contributed by atoms with van der Waals surface area (Å²) in [5.74, 6) is -0.172. The van der Waals surface area contributed by atoms with Crippen molar-refractivity contribution in [1.29, 1.82) is 0 Å². The minimum Gasteiger partial charge on any atom is -0.348 e. The predicted molar refractivity (Wildman–Crippen MR) is 125 cm³/mol. The van der Waals surface area contributed by atoms with Crippen LogP contribution in [-0.4, -0.2) is 15.3 Å². The Morgan fingerprint density at radius 1 is 1.06 bits per heavy atom. The van der Waals surface area contributed by atoms with Crippen molar-refractivity contribution >= 4 is 11.4 Å². The average molecular weight is 414 g/mol. The molecule has 0 aliphatic heterocycles.